The molecule has 1 aromatic heterocycles. The van der Waals surface area contributed by atoms with Crippen LogP contribution in [0.25, 0.3) is 11.0 Å². The number of likely N-dealkylation sites (tertiary alicyclic amines) is 1. The highest BCUT2D eigenvalue weighted by Crippen LogP contribution is 2.30. The number of hydrogen-bond acceptors (Lipinski definition) is 3. The van der Waals surface area contributed by atoms with Crippen LogP contribution in [0.5, 0.6) is 0 Å². The fourth-order valence-corrected chi connectivity index (χ4v) is 3.46. The Hall–Kier alpha value is -1.88. The zero-order valence-corrected chi connectivity index (χ0v) is 14.2. The summed E-state index contributed by atoms with van der Waals surface area (Å²) in [6.45, 7) is 4.17. The summed E-state index contributed by atoms with van der Waals surface area (Å²) in [4.78, 5) is 22.7. The van der Waals surface area contributed by atoms with Crippen molar-refractivity contribution in [3.05, 3.63) is 30.1 Å². The molecule has 2 heterocycles. The van der Waals surface area contributed by atoms with E-state index >= 15 is 0 Å². The van der Waals surface area contributed by atoms with E-state index in [9.17, 15) is 4.79 Å². The number of rotatable bonds is 5. The normalized spacial score (nSPS) is 22.7. The van der Waals surface area contributed by atoms with Gasteiger partial charge in [-0.25, -0.2) is 4.98 Å². The number of nitrogens with zero attached hydrogens (tertiary/aromatic N) is 2. The Bertz CT molecular complexity index is 689. The first kappa shape index (κ1) is 15.6. The number of amides is 1. The third kappa shape index (κ3) is 3.31. The van der Waals surface area contributed by atoms with Crippen molar-refractivity contribution in [2.45, 2.75) is 44.6 Å². The number of piperidine rings is 1. The second kappa shape index (κ2) is 6.55. The van der Waals surface area contributed by atoms with E-state index in [-0.39, 0.29) is 17.9 Å². The van der Waals surface area contributed by atoms with Crippen molar-refractivity contribution in [2.75, 3.05) is 19.7 Å². The Morgan fingerprint density at radius 1 is 1.38 bits per heavy atom. The Labute approximate surface area is 142 Å². The van der Waals surface area contributed by atoms with E-state index in [1.54, 1.807) is 0 Å². The summed E-state index contributed by atoms with van der Waals surface area (Å²) >= 11 is 0. The lowest BCUT2D eigenvalue weighted by Gasteiger charge is -2.33. The molecule has 1 N–H and O–H groups in total. The number of benzene rings is 1. The van der Waals surface area contributed by atoms with Crippen LogP contribution in [0.15, 0.2) is 24.3 Å². The number of carbonyl (C=O) groups excluding carboxylic acids is 1. The van der Waals surface area contributed by atoms with Gasteiger partial charge in [-0.05, 0) is 50.7 Å². The van der Waals surface area contributed by atoms with Crippen LogP contribution < -0.4 is 0 Å². The maximum Gasteiger partial charge on any atom is 0.251 e. The molecule has 5 nitrogen and oxygen atoms in total. The van der Waals surface area contributed by atoms with Crippen LogP contribution in [0.3, 0.4) is 0 Å². The molecule has 2 aromatic rings. The Morgan fingerprint density at radius 3 is 3.00 bits per heavy atom. The quantitative estimate of drug-likeness (QED) is 0.918. The summed E-state index contributed by atoms with van der Waals surface area (Å²) in [5.41, 5.74) is 2.06. The van der Waals surface area contributed by atoms with Gasteiger partial charge < -0.3 is 14.6 Å². The molecule has 2 fully saturated rings. The molecule has 0 spiro atoms. The number of hydrogen-bond donors (Lipinski definition) is 1. The van der Waals surface area contributed by atoms with Gasteiger partial charge in [-0.1, -0.05) is 12.1 Å². The number of H-pyrrole nitrogens is 1. The van der Waals surface area contributed by atoms with Gasteiger partial charge in [0.15, 0.2) is 0 Å². The van der Waals surface area contributed by atoms with Crippen molar-refractivity contribution in [1.29, 1.82) is 0 Å². The molecule has 1 saturated carbocycles. The number of imidazole rings is 1. The van der Waals surface area contributed by atoms with E-state index in [4.69, 9.17) is 9.72 Å². The number of aromatic amines is 1. The predicted molar refractivity (Wildman–Crippen MR) is 92.8 cm³/mol. The molecule has 4 rings (SSSR count). The average molecular weight is 327 g/mol. The molecular formula is C19H25N3O2. The van der Waals surface area contributed by atoms with Crippen LogP contribution in [0.2, 0.25) is 0 Å². The third-order valence-corrected chi connectivity index (χ3v) is 5.15. The molecule has 1 saturated heterocycles. The van der Waals surface area contributed by atoms with Gasteiger partial charge >= 0.3 is 0 Å². The largest absolute Gasteiger partial charge is 0.368 e. The topological polar surface area (TPSA) is 58.2 Å². The highest BCUT2D eigenvalue weighted by Gasteiger charge is 2.30. The Morgan fingerprint density at radius 2 is 2.21 bits per heavy atom. The molecule has 2 aliphatic rings. The van der Waals surface area contributed by atoms with Crippen molar-refractivity contribution < 1.29 is 9.53 Å². The number of aromatic nitrogens is 2. The second-order valence-electron chi connectivity index (χ2n) is 7.18. The van der Waals surface area contributed by atoms with Gasteiger partial charge in [0.25, 0.3) is 5.91 Å². The highest BCUT2D eigenvalue weighted by atomic mass is 16.5. The summed E-state index contributed by atoms with van der Waals surface area (Å²) in [6.07, 6.45) is 4.25. The molecule has 5 heteroatoms. The lowest BCUT2D eigenvalue weighted by Crippen LogP contribution is -2.44. The van der Waals surface area contributed by atoms with Crippen molar-refractivity contribution in [3.63, 3.8) is 0 Å². The molecule has 0 radical (unpaired) electrons. The first-order valence-corrected chi connectivity index (χ1v) is 9.06. The minimum Gasteiger partial charge on any atom is -0.368 e. The monoisotopic (exact) mass is 327 g/mol. The predicted octanol–water partition coefficient (Wildman–Crippen LogP) is 3.08. The third-order valence-electron chi connectivity index (χ3n) is 5.15. The molecule has 128 valence electrons. The van der Waals surface area contributed by atoms with Crippen molar-refractivity contribution in [1.82, 2.24) is 14.9 Å². The number of para-hydroxylation sites is 2. The highest BCUT2D eigenvalue weighted by molar-refractivity contribution is 5.80. The van der Waals surface area contributed by atoms with E-state index in [2.05, 4.69) is 4.98 Å². The molecule has 0 bridgehead atoms. The number of fused-ring (bicyclic) bond motifs is 1. The number of carbonyl (C=O) groups is 1. The van der Waals surface area contributed by atoms with Crippen molar-refractivity contribution in [2.24, 2.45) is 5.92 Å². The molecule has 24 heavy (non-hydrogen) atoms. The smallest absolute Gasteiger partial charge is 0.251 e. The molecule has 1 amide bonds. The van der Waals surface area contributed by atoms with Gasteiger partial charge in [0, 0.05) is 19.0 Å². The Kier molecular flexibility index (Phi) is 4.27. The van der Waals surface area contributed by atoms with Gasteiger partial charge in [0.1, 0.15) is 11.9 Å². The van der Waals surface area contributed by atoms with Gasteiger partial charge in [0.05, 0.1) is 17.6 Å². The van der Waals surface area contributed by atoms with E-state index in [0.717, 1.165) is 49.4 Å². The summed E-state index contributed by atoms with van der Waals surface area (Å²) in [5, 5.41) is 0. The van der Waals surface area contributed by atoms with E-state index < -0.39 is 0 Å². The first-order valence-electron chi connectivity index (χ1n) is 9.06. The van der Waals surface area contributed by atoms with E-state index in [0.29, 0.717) is 5.92 Å². The van der Waals surface area contributed by atoms with Gasteiger partial charge in [-0.3, -0.25) is 4.79 Å². The zero-order chi connectivity index (χ0) is 16.5. The maximum atomic E-state index is 12.7. The fourth-order valence-electron chi connectivity index (χ4n) is 3.46. The van der Waals surface area contributed by atoms with Crippen LogP contribution in [-0.4, -0.2) is 46.6 Å². The SMILES string of the molecule is C[C@H](OCC1CC1)C(=O)N1CCC[C@@H](c2nc3ccccc3[nH]2)C1. The van der Waals surface area contributed by atoms with Gasteiger partial charge in [-0.15, -0.1) is 0 Å². The molecule has 1 aliphatic heterocycles. The minimum absolute atomic E-state index is 0.122. The summed E-state index contributed by atoms with van der Waals surface area (Å²) in [6, 6.07) is 8.09. The fraction of sp³-hybridized carbons (Fsp3) is 0.579. The maximum absolute atomic E-state index is 12.7. The summed E-state index contributed by atoms with van der Waals surface area (Å²) in [5.74, 6) is 2.09. The van der Waals surface area contributed by atoms with Crippen LogP contribution in [0.1, 0.15) is 44.3 Å². The van der Waals surface area contributed by atoms with Gasteiger partial charge in [0.2, 0.25) is 0 Å². The average Bonchev–Trinajstić information content (AvgIpc) is 3.35. The van der Waals surface area contributed by atoms with Crippen molar-refractivity contribution >= 4 is 16.9 Å². The molecule has 1 aromatic carbocycles. The van der Waals surface area contributed by atoms with Crippen LogP contribution in [0, 0.1) is 5.92 Å². The zero-order valence-electron chi connectivity index (χ0n) is 14.2. The van der Waals surface area contributed by atoms with E-state index in [1.807, 2.05) is 36.1 Å². The van der Waals surface area contributed by atoms with Gasteiger partial charge in [-0.2, -0.15) is 0 Å². The Balaban J connectivity index is 1.41. The lowest BCUT2D eigenvalue weighted by molar-refractivity contribution is -0.144. The van der Waals surface area contributed by atoms with Crippen LogP contribution in [-0.2, 0) is 9.53 Å². The second-order valence-corrected chi connectivity index (χ2v) is 7.18. The van der Waals surface area contributed by atoms with Crippen LogP contribution in [0.4, 0.5) is 0 Å². The minimum atomic E-state index is -0.333. The van der Waals surface area contributed by atoms with E-state index in [1.165, 1.54) is 12.8 Å². The first-order chi connectivity index (χ1) is 11.7. The molecule has 0 unspecified atom stereocenters. The number of ether oxygens (including phenoxy) is 1. The van der Waals surface area contributed by atoms with Crippen molar-refractivity contribution in [3.8, 4) is 0 Å². The lowest BCUT2D eigenvalue weighted by atomic mass is 9.97. The standard InChI is InChI=1S/C19H25N3O2/c1-13(24-12-14-8-9-14)19(23)22-10-4-5-15(11-22)18-20-16-6-2-3-7-17(16)21-18/h2-3,6-7,13-15H,4-5,8-12H2,1H3,(H,20,21)/t13-,15+/m0/s1. The number of nitrogens with one attached hydrogen (secondary N) is 1. The van der Waals surface area contributed by atoms with Crippen LogP contribution >= 0.6 is 0 Å². The summed E-state index contributed by atoms with van der Waals surface area (Å²) < 4.78 is 5.76. The molecule has 2 atom stereocenters. The summed E-state index contributed by atoms with van der Waals surface area (Å²) in [7, 11) is 0. The molecular weight excluding hydrogens is 302 g/mol. The molecule has 1 aliphatic carbocycles.